The second-order valence-corrected chi connectivity index (χ2v) is 7.82. The molecule has 0 bridgehead atoms. The standard InChI is InChI=1S/C16H18N2O5S2/c1-8(19)10-7-25-15-12(14(21)18(15)13(10)16(22)23-2)17-11(20)6-9-4-3-5-24-9/h3-5,7-8,12-13,15,19H,6H2,1-2H3,(H,17,20)/t8?,12?,13?,15-/m0/s1. The van der Waals surface area contributed by atoms with E-state index in [0.717, 1.165) is 4.88 Å². The molecule has 1 aromatic heterocycles. The zero-order valence-corrected chi connectivity index (χ0v) is 15.3. The molecule has 2 aliphatic heterocycles. The van der Waals surface area contributed by atoms with E-state index in [4.69, 9.17) is 4.74 Å². The van der Waals surface area contributed by atoms with Crippen LogP contribution in [0, 0.1) is 0 Å². The second-order valence-electron chi connectivity index (χ2n) is 5.79. The van der Waals surface area contributed by atoms with Crippen LogP contribution in [0.4, 0.5) is 0 Å². The average molecular weight is 382 g/mol. The van der Waals surface area contributed by atoms with E-state index in [1.54, 1.807) is 5.41 Å². The van der Waals surface area contributed by atoms with Crippen LogP contribution < -0.4 is 5.32 Å². The first-order chi connectivity index (χ1) is 11.9. The van der Waals surface area contributed by atoms with E-state index in [2.05, 4.69) is 5.32 Å². The van der Waals surface area contributed by atoms with Crippen molar-refractivity contribution >= 4 is 40.9 Å². The first kappa shape index (κ1) is 18.0. The lowest BCUT2D eigenvalue weighted by atomic mass is 9.95. The lowest BCUT2D eigenvalue weighted by molar-refractivity contribution is -0.162. The number of carbonyl (C=O) groups excluding carboxylic acids is 3. The van der Waals surface area contributed by atoms with Gasteiger partial charge in [-0.25, -0.2) is 4.79 Å². The minimum Gasteiger partial charge on any atom is -0.467 e. The lowest BCUT2D eigenvalue weighted by Crippen LogP contribution is -2.74. The number of esters is 1. The van der Waals surface area contributed by atoms with Crippen LogP contribution in [0.3, 0.4) is 0 Å². The van der Waals surface area contributed by atoms with Gasteiger partial charge in [-0.1, -0.05) is 6.07 Å². The van der Waals surface area contributed by atoms with Gasteiger partial charge in [-0.2, -0.15) is 0 Å². The van der Waals surface area contributed by atoms with Gasteiger partial charge in [-0.15, -0.1) is 23.1 Å². The molecule has 3 rings (SSSR count). The maximum Gasteiger partial charge on any atom is 0.333 e. The van der Waals surface area contributed by atoms with E-state index in [-0.39, 0.29) is 23.6 Å². The predicted octanol–water partition coefficient (Wildman–Crippen LogP) is 0.497. The highest BCUT2D eigenvalue weighted by Crippen LogP contribution is 2.41. The zero-order valence-electron chi connectivity index (χ0n) is 13.7. The predicted molar refractivity (Wildman–Crippen MR) is 93.7 cm³/mol. The Kier molecular flexibility index (Phi) is 5.16. The van der Waals surface area contributed by atoms with Crippen molar-refractivity contribution < 1.29 is 24.2 Å². The molecular formula is C16H18N2O5S2. The van der Waals surface area contributed by atoms with Crippen molar-refractivity contribution in [1.82, 2.24) is 10.2 Å². The van der Waals surface area contributed by atoms with Crippen molar-refractivity contribution in [2.75, 3.05) is 7.11 Å². The summed E-state index contributed by atoms with van der Waals surface area (Å²) in [7, 11) is 1.24. The molecule has 2 aliphatic rings. The molecule has 0 aromatic carbocycles. The van der Waals surface area contributed by atoms with Crippen LogP contribution in [-0.2, 0) is 25.5 Å². The summed E-state index contributed by atoms with van der Waals surface area (Å²) in [6.07, 6.45) is -0.661. The van der Waals surface area contributed by atoms with Gasteiger partial charge in [0.15, 0.2) is 6.04 Å². The number of hydrogen-bond donors (Lipinski definition) is 2. The van der Waals surface area contributed by atoms with Crippen LogP contribution in [-0.4, -0.2) is 58.5 Å². The second kappa shape index (κ2) is 7.19. The summed E-state index contributed by atoms with van der Waals surface area (Å²) in [6, 6.07) is 2.09. The number of nitrogens with zero attached hydrogens (tertiary/aromatic N) is 1. The number of amides is 2. The van der Waals surface area contributed by atoms with E-state index in [1.165, 1.54) is 42.0 Å². The molecule has 9 heteroatoms. The molecule has 1 aromatic rings. The Hall–Kier alpha value is -1.84. The summed E-state index contributed by atoms with van der Waals surface area (Å²) in [5, 5.41) is 15.8. The molecule has 2 amide bonds. The Morgan fingerprint density at radius 3 is 2.84 bits per heavy atom. The number of ether oxygens (including phenoxy) is 1. The summed E-state index contributed by atoms with van der Waals surface area (Å²) >= 11 is 2.78. The van der Waals surface area contributed by atoms with Gasteiger partial charge in [0.25, 0.3) is 0 Å². The monoisotopic (exact) mass is 382 g/mol. The fraction of sp³-hybridized carbons (Fsp3) is 0.438. The SMILES string of the molecule is COC(=O)C1C(C(C)O)=CS[C@H]2C(NC(=O)Cc3cccs3)C(=O)N12. The highest BCUT2D eigenvalue weighted by Gasteiger charge is 2.56. The summed E-state index contributed by atoms with van der Waals surface area (Å²) in [5.74, 6) is -1.19. The van der Waals surface area contributed by atoms with E-state index in [1.807, 2.05) is 17.5 Å². The van der Waals surface area contributed by atoms with Gasteiger partial charge in [0.1, 0.15) is 11.4 Å². The molecule has 3 unspecified atom stereocenters. The maximum atomic E-state index is 12.5. The minimum absolute atomic E-state index is 0.216. The number of carbonyl (C=O) groups is 3. The molecule has 4 atom stereocenters. The van der Waals surface area contributed by atoms with Gasteiger partial charge in [0.05, 0.1) is 19.6 Å². The molecular weight excluding hydrogens is 364 g/mol. The number of rotatable bonds is 5. The third-order valence-corrected chi connectivity index (χ3v) is 6.22. The van der Waals surface area contributed by atoms with Crippen molar-refractivity contribution in [3.05, 3.63) is 33.4 Å². The molecule has 0 aliphatic carbocycles. The molecule has 1 fully saturated rings. The fourth-order valence-electron chi connectivity index (χ4n) is 2.90. The maximum absolute atomic E-state index is 12.5. The number of fused-ring (bicyclic) bond motifs is 1. The van der Waals surface area contributed by atoms with E-state index in [0.29, 0.717) is 5.57 Å². The first-order valence-electron chi connectivity index (χ1n) is 7.69. The number of thiophene rings is 1. The van der Waals surface area contributed by atoms with Crippen molar-refractivity contribution in [2.24, 2.45) is 0 Å². The number of methoxy groups -OCH3 is 1. The van der Waals surface area contributed by atoms with Crippen molar-refractivity contribution in [3.8, 4) is 0 Å². The number of aliphatic hydroxyl groups is 1. The smallest absolute Gasteiger partial charge is 0.333 e. The number of β-lactam (4-membered cyclic amide) rings is 1. The largest absolute Gasteiger partial charge is 0.467 e. The Bertz CT molecular complexity index is 716. The molecule has 2 N–H and O–H groups in total. The van der Waals surface area contributed by atoms with Gasteiger partial charge < -0.3 is 20.1 Å². The molecule has 3 heterocycles. The van der Waals surface area contributed by atoms with Crippen LogP contribution in [0.2, 0.25) is 0 Å². The number of aliphatic hydroxyl groups excluding tert-OH is 1. The Labute approximate surface area is 153 Å². The van der Waals surface area contributed by atoms with Gasteiger partial charge in [-0.05, 0) is 29.4 Å². The van der Waals surface area contributed by atoms with Gasteiger partial charge in [0.2, 0.25) is 11.8 Å². The zero-order chi connectivity index (χ0) is 18.1. The highest BCUT2D eigenvalue weighted by atomic mass is 32.2. The molecule has 134 valence electrons. The third kappa shape index (κ3) is 3.31. The molecule has 0 saturated carbocycles. The topological polar surface area (TPSA) is 95.9 Å². The van der Waals surface area contributed by atoms with E-state index in [9.17, 15) is 19.5 Å². The number of thioether (sulfide) groups is 1. The summed E-state index contributed by atoms with van der Waals surface area (Å²) < 4.78 is 4.78. The lowest BCUT2D eigenvalue weighted by Gasteiger charge is -2.52. The van der Waals surface area contributed by atoms with Gasteiger partial charge in [0, 0.05) is 4.88 Å². The molecule has 0 radical (unpaired) electrons. The minimum atomic E-state index is -0.950. The quantitative estimate of drug-likeness (QED) is 0.569. The van der Waals surface area contributed by atoms with Crippen LogP contribution in [0.1, 0.15) is 11.8 Å². The molecule has 0 spiro atoms. The van der Waals surface area contributed by atoms with Crippen molar-refractivity contribution in [1.29, 1.82) is 0 Å². The van der Waals surface area contributed by atoms with Crippen LogP contribution in [0.25, 0.3) is 0 Å². The summed E-state index contributed by atoms with van der Waals surface area (Å²) in [4.78, 5) is 39.0. The number of nitrogens with one attached hydrogen (secondary N) is 1. The normalized spacial score (nSPS) is 26.2. The van der Waals surface area contributed by atoms with Gasteiger partial charge in [-0.3, -0.25) is 9.59 Å². The Morgan fingerprint density at radius 2 is 2.24 bits per heavy atom. The third-order valence-electron chi connectivity index (χ3n) is 4.16. The number of hydrogen-bond acceptors (Lipinski definition) is 7. The summed E-state index contributed by atoms with van der Waals surface area (Å²) in [6.45, 7) is 1.53. The average Bonchev–Trinajstić information content (AvgIpc) is 3.10. The Morgan fingerprint density at radius 1 is 1.48 bits per heavy atom. The first-order valence-corrected chi connectivity index (χ1v) is 9.51. The van der Waals surface area contributed by atoms with E-state index >= 15 is 0 Å². The summed E-state index contributed by atoms with van der Waals surface area (Å²) in [5.41, 5.74) is 0.421. The molecule has 25 heavy (non-hydrogen) atoms. The molecule has 7 nitrogen and oxygen atoms in total. The molecule has 1 saturated heterocycles. The van der Waals surface area contributed by atoms with Crippen LogP contribution in [0.5, 0.6) is 0 Å². The van der Waals surface area contributed by atoms with Crippen LogP contribution in [0.15, 0.2) is 28.5 Å². The van der Waals surface area contributed by atoms with Crippen LogP contribution >= 0.6 is 23.1 Å². The Balaban J connectivity index is 1.72. The van der Waals surface area contributed by atoms with Gasteiger partial charge >= 0.3 is 5.97 Å². The fourth-order valence-corrected chi connectivity index (χ4v) is 4.92. The van der Waals surface area contributed by atoms with Crippen molar-refractivity contribution in [2.45, 2.75) is 36.9 Å². The highest BCUT2D eigenvalue weighted by molar-refractivity contribution is 8.03. The van der Waals surface area contributed by atoms with Crippen molar-refractivity contribution in [3.63, 3.8) is 0 Å². The van der Waals surface area contributed by atoms with E-state index < -0.39 is 24.2 Å².